The Morgan fingerprint density at radius 2 is 1.86 bits per heavy atom. The number of halogens is 3. The zero-order chi connectivity index (χ0) is 31.7. The summed E-state index contributed by atoms with van der Waals surface area (Å²) in [5.41, 5.74) is 0.239. The topological polar surface area (TPSA) is 125 Å². The van der Waals surface area contributed by atoms with Gasteiger partial charge in [0.1, 0.15) is 11.8 Å². The van der Waals surface area contributed by atoms with E-state index in [0.717, 1.165) is 12.1 Å². The first-order chi connectivity index (χ1) is 20.1. The van der Waals surface area contributed by atoms with E-state index >= 15 is 0 Å². The van der Waals surface area contributed by atoms with Gasteiger partial charge in [0.25, 0.3) is 15.9 Å². The van der Waals surface area contributed by atoms with Crippen LogP contribution in [0.4, 0.5) is 18.9 Å². The third kappa shape index (κ3) is 7.13. The molecule has 0 fully saturated rings. The number of sulfonamides is 1. The number of amides is 1. The first-order valence-electron chi connectivity index (χ1n) is 13.6. The van der Waals surface area contributed by atoms with E-state index in [9.17, 15) is 31.5 Å². The van der Waals surface area contributed by atoms with Crippen molar-refractivity contribution in [1.82, 2.24) is 15.0 Å². The SMILES string of the molecule is Cc1noc(C)c1S(=O)(=O)Nc1cccc2c1O[C@H](CN(C)Cc1ccc(C(F)(F)F)cc1)[C@H](C)CN([C@H](C)CO)C2=O. The lowest BCUT2D eigenvalue weighted by Gasteiger charge is -2.38. The van der Waals surface area contributed by atoms with Gasteiger partial charge in [-0.1, -0.05) is 30.3 Å². The highest BCUT2D eigenvalue weighted by Gasteiger charge is 2.36. The van der Waals surface area contributed by atoms with Gasteiger partial charge in [0.05, 0.1) is 29.5 Å². The fourth-order valence-electron chi connectivity index (χ4n) is 5.08. The lowest BCUT2D eigenvalue weighted by atomic mass is 9.99. The fraction of sp³-hybridized carbons (Fsp3) is 0.448. The molecule has 3 aromatic rings. The summed E-state index contributed by atoms with van der Waals surface area (Å²) in [5.74, 6) is -0.593. The summed E-state index contributed by atoms with van der Waals surface area (Å²) in [7, 11) is -2.40. The number of carbonyl (C=O) groups is 1. The van der Waals surface area contributed by atoms with Crippen molar-refractivity contribution in [3.63, 3.8) is 0 Å². The molecule has 1 aliphatic rings. The predicted octanol–water partition coefficient (Wildman–Crippen LogP) is 4.46. The number of para-hydroxylation sites is 1. The van der Waals surface area contributed by atoms with Crippen LogP contribution < -0.4 is 9.46 Å². The van der Waals surface area contributed by atoms with E-state index in [0.29, 0.717) is 18.7 Å². The molecule has 1 aromatic heterocycles. The Morgan fingerprint density at radius 3 is 2.44 bits per heavy atom. The molecule has 234 valence electrons. The lowest BCUT2D eigenvalue weighted by Crippen LogP contribution is -2.49. The molecular weight excluding hydrogens is 589 g/mol. The number of aliphatic hydroxyl groups excluding tert-OH is 1. The summed E-state index contributed by atoms with van der Waals surface area (Å²) in [4.78, 5) is 17.0. The number of benzene rings is 2. The molecule has 2 N–H and O–H groups in total. The molecule has 1 amide bonds. The summed E-state index contributed by atoms with van der Waals surface area (Å²) < 4.78 is 79.8. The molecule has 10 nitrogen and oxygen atoms in total. The number of aryl methyl sites for hydroxylation is 2. The van der Waals surface area contributed by atoms with E-state index in [1.807, 2.05) is 11.8 Å². The molecule has 43 heavy (non-hydrogen) atoms. The number of aliphatic hydroxyl groups is 1. The van der Waals surface area contributed by atoms with Crippen molar-refractivity contribution in [2.24, 2.45) is 5.92 Å². The van der Waals surface area contributed by atoms with E-state index in [4.69, 9.17) is 9.26 Å². The van der Waals surface area contributed by atoms with Crippen molar-refractivity contribution >= 4 is 21.6 Å². The van der Waals surface area contributed by atoms with E-state index in [1.165, 1.54) is 49.1 Å². The smallest absolute Gasteiger partial charge is 0.416 e. The number of fused-ring (bicyclic) bond motifs is 1. The van der Waals surface area contributed by atoms with Crippen LogP contribution in [-0.2, 0) is 22.7 Å². The van der Waals surface area contributed by atoms with Crippen LogP contribution in [0.15, 0.2) is 51.9 Å². The predicted molar refractivity (Wildman–Crippen MR) is 152 cm³/mol. The van der Waals surface area contributed by atoms with Gasteiger partial charge < -0.3 is 19.3 Å². The second-order valence-electron chi connectivity index (χ2n) is 11.0. The minimum Gasteiger partial charge on any atom is -0.486 e. The van der Waals surface area contributed by atoms with Crippen LogP contribution in [0.3, 0.4) is 0 Å². The number of nitrogens with one attached hydrogen (secondary N) is 1. The van der Waals surface area contributed by atoms with Crippen molar-refractivity contribution in [3.05, 3.63) is 70.6 Å². The maximum Gasteiger partial charge on any atom is 0.416 e. The summed E-state index contributed by atoms with van der Waals surface area (Å²) >= 11 is 0. The molecule has 3 atom stereocenters. The Kier molecular flexibility index (Phi) is 9.42. The molecule has 14 heteroatoms. The maximum atomic E-state index is 13.7. The zero-order valence-electron chi connectivity index (χ0n) is 24.5. The monoisotopic (exact) mass is 624 g/mol. The first-order valence-corrected chi connectivity index (χ1v) is 15.1. The third-order valence-electron chi connectivity index (χ3n) is 7.40. The molecule has 0 saturated carbocycles. The van der Waals surface area contributed by atoms with Crippen LogP contribution in [0.2, 0.25) is 0 Å². The number of likely N-dealkylation sites (N-methyl/N-ethyl adjacent to an activating group) is 1. The van der Waals surface area contributed by atoms with E-state index in [2.05, 4.69) is 9.88 Å². The molecule has 4 rings (SSSR count). The molecule has 1 aliphatic heterocycles. The number of carbonyl (C=O) groups excluding carboxylic acids is 1. The molecule has 0 radical (unpaired) electrons. The van der Waals surface area contributed by atoms with Gasteiger partial charge in [-0.2, -0.15) is 13.2 Å². The van der Waals surface area contributed by atoms with Crippen LogP contribution >= 0.6 is 0 Å². The molecule has 0 spiro atoms. The van der Waals surface area contributed by atoms with Crippen LogP contribution in [-0.4, -0.2) is 73.3 Å². The highest BCUT2D eigenvalue weighted by molar-refractivity contribution is 7.92. The quantitative estimate of drug-likeness (QED) is 0.358. The van der Waals surface area contributed by atoms with Crippen LogP contribution in [0.25, 0.3) is 0 Å². The van der Waals surface area contributed by atoms with Gasteiger partial charge >= 0.3 is 6.18 Å². The molecular formula is C29H35F3N4O6S. The Morgan fingerprint density at radius 1 is 1.19 bits per heavy atom. The van der Waals surface area contributed by atoms with Gasteiger partial charge in [-0.3, -0.25) is 14.4 Å². The van der Waals surface area contributed by atoms with Crippen molar-refractivity contribution in [3.8, 4) is 5.75 Å². The van der Waals surface area contributed by atoms with Crippen molar-refractivity contribution < 1.29 is 40.8 Å². The Labute approximate surface area is 248 Å². The number of anilines is 1. The number of rotatable bonds is 9. The largest absolute Gasteiger partial charge is 0.486 e. The van der Waals surface area contributed by atoms with Gasteiger partial charge in [0.15, 0.2) is 16.4 Å². The standard InChI is InChI=1S/C29H35F3N4O6S/c1-17-13-36(18(2)16-37)28(38)23-7-6-8-24(34-43(39,40)27-19(3)33-42-20(27)4)26(23)41-25(17)15-35(5)14-21-9-11-22(12-10-21)29(30,31)32/h6-12,17-18,25,34,37H,13-16H2,1-5H3/t17-,18-,25-/m1/s1. The number of nitrogens with zero attached hydrogens (tertiary/aromatic N) is 3. The van der Waals surface area contributed by atoms with E-state index < -0.39 is 39.8 Å². The number of aromatic nitrogens is 1. The van der Waals surface area contributed by atoms with Gasteiger partial charge in [-0.05, 0) is 57.6 Å². The van der Waals surface area contributed by atoms with Crippen molar-refractivity contribution in [1.29, 1.82) is 0 Å². The second kappa shape index (κ2) is 12.5. The average molecular weight is 625 g/mol. The molecule has 0 saturated heterocycles. The number of ether oxygens (including phenoxy) is 1. The first kappa shape index (κ1) is 32.3. The third-order valence-corrected chi connectivity index (χ3v) is 9.01. The average Bonchev–Trinajstić information content (AvgIpc) is 3.28. The summed E-state index contributed by atoms with van der Waals surface area (Å²) in [5, 5.41) is 13.6. The lowest BCUT2D eigenvalue weighted by molar-refractivity contribution is -0.137. The molecule has 2 aromatic carbocycles. The number of alkyl halides is 3. The van der Waals surface area contributed by atoms with E-state index in [1.54, 1.807) is 14.0 Å². The second-order valence-corrected chi connectivity index (χ2v) is 12.6. The minimum atomic E-state index is -4.43. The van der Waals surface area contributed by atoms with Gasteiger partial charge in [-0.25, -0.2) is 8.42 Å². The highest BCUT2D eigenvalue weighted by Crippen LogP contribution is 2.37. The normalized spacial score (nSPS) is 18.6. The van der Waals surface area contributed by atoms with E-state index in [-0.39, 0.29) is 52.4 Å². The number of hydrogen-bond donors (Lipinski definition) is 2. The van der Waals surface area contributed by atoms with Crippen LogP contribution in [0, 0.1) is 19.8 Å². The Hall–Kier alpha value is -3.62. The minimum absolute atomic E-state index is 0.0254. The molecule has 2 heterocycles. The number of hydrogen-bond acceptors (Lipinski definition) is 8. The van der Waals surface area contributed by atoms with Crippen molar-refractivity contribution in [2.75, 3.05) is 31.5 Å². The summed E-state index contributed by atoms with van der Waals surface area (Å²) in [6, 6.07) is 8.91. The van der Waals surface area contributed by atoms with Crippen molar-refractivity contribution in [2.45, 2.75) is 57.5 Å². The van der Waals surface area contributed by atoms with Gasteiger partial charge in [0, 0.05) is 25.6 Å². The van der Waals surface area contributed by atoms with Gasteiger partial charge in [-0.15, -0.1) is 0 Å². The van der Waals surface area contributed by atoms with Crippen LogP contribution in [0.1, 0.15) is 46.8 Å². The summed E-state index contributed by atoms with van der Waals surface area (Å²) in [6.07, 6.45) is -5.01. The summed E-state index contributed by atoms with van der Waals surface area (Å²) in [6.45, 7) is 7.13. The molecule has 0 aliphatic carbocycles. The fourth-order valence-corrected chi connectivity index (χ4v) is 6.47. The Balaban J connectivity index is 1.68. The maximum absolute atomic E-state index is 13.7. The zero-order valence-corrected chi connectivity index (χ0v) is 25.3. The molecule has 0 unspecified atom stereocenters. The molecule has 0 bridgehead atoms. The van der Waals surface area contributed by atoms with Gasteiger partial charge in [0.2, 0.25) is 0 Å². The van der Waals surface area contributed by atoms with Crippen LogP contribution in [0.5, 0.6) is 5.75 Å². The highest BCUT2D eigenvalue weighted by atomic mass is 32.2. The Bertz CT molecular complexity index is 1540.